The normalized spacial score (nSPS) is 14.3. The van der Waals surface area contributed by atoms with Gasteiger partial charge in [0.1, 0.15) is 17.8 Å². The van der Waals surface area contributed by atoms with E-state index in [1.165, 1.54) is 6.92 Å². The summed E-state index contributed by atoms with van der Waals surface area (Å²) in [6, 6.07) is 0. The van der Waals surface area contributed by atoms with Crippen LogP contribution in [0.25, 0.3) is 0 Å². The zero-order valence-electron chi connectivity index (χ0n) is 9.73. The van der Waals surface area contributed by atoms with Crippen LogP contribution in [0.15, 0.2) is 0 Å². The third-order valence-electron chi connectivity index (χ3n) is 1.94. The molecule has 100 valence electrons. The summed E-state index contributed by atoms with van der Waals surface area (Å²) in [7, 11) is 0. The highest BCUT2D eigenvalue weighted by atomic mass is 35.6. The van der Waals surface area contributed by atoms with Gasteiger partial charge in [-0.1, -0.05) is 34.8 Å². The Kier molecular flexibility index (Phi) is 6.58. The van der Waals surface area contributed by atoms with E-state index in [0.717, 1.165) is 0 Å². The van der Waals surface area contributed by atoms with E-state index in [9.17, 15) is 9.59 Å². The maximum atomic E-state index is 11.3. The zero-order valence-corrected chi connectivity index (χ0v) is 12.8. The Morgan fingerprint density at radius 3 is 2.06 bits per heavy atom. The molecule has 0 spiro atoms. The summed E-state index contributed by atoms with van der Waals surface area (Å²) in [6.45, 7) is 4.49. The Morgan fingerprint density at radius 1 is 1.24 bits per heavy atom. The Balaban J connectivity index is 4.46. The number of esters is 1. The van der Waals surface area contributed by atoms with Crippen molar-refractivity contribution in [3.8, 4) is 0 Å². The molecule has 1 atom stereocenters. The molecule has 0 aliphatic rings. The largest absolute Gasteiger partial charge is 0.458 e. The summed E-state index contributed by atoms with van der Waals surface area (Å²) in [6.07, 6.45) is -0.264. The second-order valence-electron chi connectivity index (χ2n) is 4.24. The predicted molar refractivity (Wildman–Crippen MR) is 70.0 cm³/mol. The first kappa shape index (κ1) is 17.3. The van der Waals surface area contributed by atoms with E-state index in [-0.39, 0.29) is 18.6 Å². The molecule has 0 aliphatic carbocycles. The molecule has 0 bridgehead atoms. The summed E-state index contributed by atoms with van der Waals surface area (Å²) < 4.78 is 3.57. The molecule has 0 rings (SSSR count). The molecule has 0 radical (unpaired) electrons. The summed E-state index contributed by atoms with van der Waals surface area (Å²) in [5.41, 5.74) is -1.02. The van der Waals surface area contributed by atoms with Crippen LogP contribution in [0, 0.1) is 0 Å². The molecule has 0 aromatic carbocycles. The third kappa shape index (κ3) is 8.09. The highest BCUT2D eigenvalue weighted by molar-refractivity contribution is 6.67. The Bertz CT molecular complexity index is 296. The van der Waals surface area contributed by atoms with Crippen molar-refractivity contribution in [2.75, 3.05) is 0 Å². The number of hydrogen-bond acceptors (Lipinski definition) is 3. The van der Waals surface area contributed by atoms with Crippen molar-refractivity contribution < 1.29 is 14.3 Å². The molecule has 0 fully saturated rings. The van der Waals surface area contributed by atoms with Gasteiger partial charge in [0, 0.05) is 6.42 Å². The first-order chi connectivity index (χ1) is 7.44. The molecule has 1 unspecified atom stereocenters. The molecule has 0 aromatic rings. The van der Waals surface area contributed by atoms with Gasteiger partial charge in [0.05, 0.1) is 5.38 Å². The van der Waals surface area contributed by atoms with Gasteiger partial charge in [-0.05, 0) is 20.8 Å². The second kappa shape index (κ2) is 6.46. The van der Waals surface area contributed by atoms with Crippen molar-refractivity contribution in [1.29, 1.82) is 0 Å². The van der Waals surface area contributed by atoms with E-state index in [4.69, 9.17) is 51.1 Å². The molecular weight excluding hydrogens is 310 g/mol. The molecule has 3 nitrogen and oxygen atoms in total. The second-order valence-corrected chi connectivity index (χ2v) is 7.29. The highest BCUT2D eigenvalue weighted by Gasteiger charge is 2.37. The monoisotopic (exact) mass is 322 g/mol. The van der Waals surface area contributed by atoms with Crippen LogP contribution in [0.4, 0.5) is 0 Å². The van der Waals surface area contributed by atoms with Gasteiger partial charge in [-0.3, -0.25) is 9.59 Å². The maximum Gasteiger partial charge on any atom is 0.313 e. The Labute approximate surface area is 121 Å². The minimum atomic E-state index is -1.52. The number of rotatable bonds is 5. The number of ether oxygens (including phenoxy) is 1. The van der Waals surface area contributed by atoms with E-state index in [2.05, 4.69) is 0 Å². The van der Waals surface area contributed by atoms with E-state index in [0.29, 0.717) is 0 Å². The summed E-state index contributed by atoms with van der Waals surface area (Å²) in [5.74, 6) is -0.921. The minimum Gasteiger partial charge on any atom is -0.458 e. The van der Waals surface area contributed by atoms with Crippen molar-refractivity contribution in [3.05, 3.63) is 0 Å². The third-order valence-corrected chi connectivity index (χ3v) is 3.08. The number of halogens is 4. The van der Waals surface area contributed by atoms with Crippen molar-refractivity contribution in [2.45, 2.75) is 48.4 Å². The average molecular weight is 324 g/mol. The predicted octanol–water partition coefficient (Wildman–Crippen LogP) is 3.66. The average Bonchev–Trinajstić information content (AvgIpc) is 1.96. The van der Waals surface area contributed by atoms with Gasteiger partial charge in [-0.15, -0.1) is 11.6 Å². The van der Waals surface area contributed by atoms with Crippen molar-refractivity contribution >= 4 is 58.2 Å². The van der Waals surface area contributed by atoms with Crippen LogP contribution in [-0.4, -0.2) is 26.5 Å². The van der Waals surface area contributed by atoms with Gasteiger partial charge >= 0.3 is 5.97 Å². The molecule has 0 N–H and O–H groups in total. The lowest BCUT2D eigenvalue weighted by atomic mass is 10.0. The van der Waals surface area contributed by atoms with E-state index < -0.39 is 20.7 Å². The van der Waals surface area contributed by atoms with Crippen LogP contribution in [0.2, 0.25) is 0 Å². The lowest BCUT2D eigenvalue weighted by Crippen LogP contribution is -2.40. The van der Waals surface area contributed by atoms with Gasteiger partial charge < -0.3 is 4.74 Å². The summed E-state index contributed by atoms with van der Waals surface area (Å²) in [5, 5.41) is -0.675. The fourth-order valence-electron chi connectivity index (χ4n) is 1.05. The standard InChI is InChI=1S/C10H14Cl4O3/c1-6(15)4-8(16)17-9(2,3)7(11)5-10(12,13)14/h7H,4-5H2,1-3H3. The summed E-state index contributed by atoms with van der Waals surface area (Å²) >= 11 is 22.8. The van der Waals surface area contributed by atoms with Crippen LogP contribution in [0.1, 0.15) is 33.6 Å². The number of ketones is 1. The van der Waals surface area contributed by atoms with Gasteiger partial charge in [0.2, 0.25) is 0 Å². The maximum absolute atomic E-state index is 11.3. The Morgan fingerprint density at radius 2 is 1.71 bits per heavy atom. The van der Waals surface area contributed by atoms with E-state index in [1.807, 2.05) is 0 Å². The molecule has 0 aromatic heterocycles. The Hall–Kier alpha value is 0.300. The topological polar surface area (TPSA) is 43.4 Å². The number of carbonyl (C=O) groups excluding carboxylic acids is 2. The summed E-state index contributed by atoms with van der Waals surface area (Å²) in [4.78, 5) is 22.1. The fraction of sp³-hybridized carbons (Fsp3) is 0.800. The van der Waals surface area contributed by atoms with E-state index in [1.54, 1.807) is 13.8 Å². The van der Waals surface area contributed by atoms with Crippen LogP contribution < -0.4 is 0 Å². The number of carbonyl (C=O) groups is 2. The number of alkyl halides is 4. The van der Waals surface area contributed by atoms with Crippen molar-refractivity contribution in [3.63, 3.8) is 0 Å². The van der Waals surface area contributed by atoms with Gasteiger partial charge in [-0.2, -0.15) is 0 Å². The SMILES string of the molecule is CC(=O)CC(=O)OC(C)(C)C(Cl)CC(Cl)(Cl)Cl. The van der Waals surface area contributed by atoms with Crippen molar-refractivity contribution in [1.82, 2.24) is 0 Å². The quantitative estimate of drug-likeness (QED) is 0.440. The molecule has 0 amide bonds. The molecule has 0 saturated heterocycles. The van der Waals surface area contributed by atoms with Gasteiger partial charge in [-0.25, -0.2) is 0 Å². The molecule has 7 heteroatoms. The fourth-order valence-corrected chi connectivity index (χ4v) is 2.02. The first-order valence-electron chi connectivity index (χ1n) is 4.86. The molecular formula is C10H14Cl4O3. The van der Waals surface area contributed by atoms with Crippen molar-refractivity contribution in [2.24, 2.45) is 0 Å². The van der Waals surface area contributed by atoms with Crippen LogP contribution in [-0.2, 0) is 14.3 Å². The smallest absolute Gasteiger partial charge is 0.313 e. The molecule has 0 heterocycles. The molecule has 0 saturated carbocycles. The zero-order chi connectivity index (χ0) is 13.9. The molecule has 0 aliphatic heterocycles. The highest BCUT2D eigenvalue weighted by Crippen LogP contribution is 2.37. The van der Waals surface area contributed by atoms with E-state index >= 15 is 0 Å². The van der Waals surface area contributed by atoms with Crippen LogP contribution in [0.5, 0.6) is 0 Å². The number of Topliss-reactive ketones (excluding diaryl/α,β-unsaturated/α-hetero) is 1. The van der Waals surface area contributed by atoms with Gasteiger partial charge in [0.15, 0.2) is 3.79 Å². The number of hydrogen-bond donors (Lipinski definition) is 0. The minimum absolute atomic E-state index is 0.0274. The lowest BCUT2D eigenvalue weighted by molar-refractivity contribution is -0.157. The first-order valence-corrected chi connectivity index (χ1v) is 6.43. The van der Waals surface area contributed by atoms with Crippen LogP contribution in [0.3, 0.4) is 0 Å². The molecule has 17 heavy (non-hydrogen) atoms. The van der Waals surface area contributed by atoms with Gasteiger partial charge in [0.25, 0.3) is 0 Å². The van der Waals surface area contributed by atoms with Crippen LogP contribution >= 0.6 is 46.4 Å². The lowest BCUT2D eigenvalue weighted by Gasteiger charge is -2.31.